The molecule has 1 N–H and O–H groups in total. The molecule has 0 aliphatic carbocycles. The lowest BCUT2D eigenvalue weighted by Crippen LogP contribution is -2.24. The Kier molecular flexibility index (Phi) is 4.57. The van der Waals surface area contributed by atoms with Gasteiger partial charge in [-0.15, -0.1) is 0 Å². The quantitative estimate of drug-likeness (QED) is 0.845. The fourth-order valence-corrected chi connectivity index (χ4v) is 2.01. The van der Waals surface area contributed by atoms with Crippen LogP contribution in [0.5, 0.6) is 5.75 Å². The number of nitrogens with one attached hydrogen (secondary N) is 1. The van der Waals surface area contributed by atoms with Crippen LogP contribution in [0.15, 0.2) is 18.2 Å². The molecule has 6 nitrogen and oxygen atoms in total. The van der Waals surface area contributed by atoms with E-state index in [1.165, 1.54) is 20.3 Å². The number of hydrogen-bond acceptors (Lipinski definition) is 5. The molecular weight excluding hydrogens is 262 g/mol. The van der Waals surface area contributed by atoms with E-state index in [0.717, 1.165) is 0 Å². The molecule has 6 heteroatoms. The van der Waals surface area contributed by atoms with Gasteiger partial charge in [-0.3, -0.25) is 4.79 Å². The van der Waals surface area contributed by atoms with Crippen LogP contribution in [0.3, 0.4) is 0 Å². The third-order valence-corrected chi connectivity index (χ3v) is 3.19. The molecule has 108 valence electrons. The highest BCUT2D eigenvalue weighted by Crippen LogP contribution is 2.24. The van der Waals surface area contributed by atoms with Crippen LogP contribution >= 0.6 is 0 Å². The maximum atomic E-state index is 12.1. The average molecular weight is 279 g/mol. The minimum atomic E-state index is -0.526. The molecule has 1 aromatic carbocycles. The molecule has 0 saturated carbocycles. The number of rotatable bonds is 4. The van der Waals surface area contributed by atoms with Crippen molar-refractivity contribution in [2.24, 2.45) is 5.92 Å². The molecular formula is C14H17NO5. The highest BCUT2D eigenvalue weighted by Gasteiger charge is 2.25. The Morgan fingerprint density at radius 2 is 2.15 bits per heavy atom. The van der Waals surface area contributed by atoms with Gasteiger partial charge in [0.15, 0.2) is 0 Å². The topological polar surface area (TPSA) is 73.9 Å². The van der Waals surface area contributed by atoms with Crippen molar-refractivity contribution < 1.29 is 23.8 Å². The first-order chi connectivity index (χ1) is 9.65. The number of carbonyl (C=O) groups is 2. The average Bonchev–Trinajstić information content (AvgIpc) is 3.01. The van der Waals surface area contributed by atoms with Crippen molar-refractivity contribution in [3.63, 3.8) is 0 Å². The molecule has 20 heavy (non-hydrogen) atoms. The number of methoxy groups -OCH3 is 2. The SMILES string of the molecule is COC(=O)c1cc(OC)ccc1NC(=O)C1CCOC1. The first kappa shape index (κ1) is 14.3. The zero-order valence-corrected chi connectivity index (χ0v) is 11.5. The van der Waals surface area contributed by atoms with Crippen molar-refractivity contribution >= 4 is 17.6 Å². The van der Waals surface area contributed by atoms with Crippen molar-refractivity contribution in [2.75, 3.05) is 32.8 Å². The highest BCUT2D eigenvalue weighted by molar-refractivity contribution is 6.02. The number of carbonyl (C=O) groups excluding carboxylic acids is 2. The summed E-state index contributed by atoms with van der Waals surface area (Å²) in [6.07, 6.45) is 0.690. The number of benzene rings is 1. The molecule has 1 aliphatic rings. The summed E-state index contributed by atoms with van der Waals surface area (Å²) in [5.74, 6) is -0.338. The fourth-order valence-electron chi connectivity index (χ4n) is 2.01. The highest BCUT2D eigenvalue weighted by atomic mass is 16.5. The maximum absolute atomic E-state index is 12.1. The molecule has 1 unspecified atom stereocenters. The van der Waals surface area contributed by atoms with Crippen LogP contribution < -0.4 is 10.1 Å². The third-order valence-electron chi connectivity index (χ3n) is 3.19. The van der Waals surface area contributed by atoms with Crippen LogP contribution in [0.4, 0.5) is 5.69 Å². The Balaban J connectivity index is 2.21. The van der Waals surface area contributed by atoms with Gasteiger partial charge in [0.1, 0.15) is 5.75 Å². The maximum Gasteiger partial charge on any atom is 0.340 e. The van der Waals surface area contributed by atoms with Gasteiger partial charge in [-0.25, -0.2) is 4.79 Å². The lowest BCUT2D eigenvalue weighted by Gasteiger charge is -2.13. The first-order valence-electron chi connectivity index (χ1n) is 6.30. The Bertz CT molecular complexity index is 508. The van der Waals surface area contributed by atoms with Crippen molar-refractivity contribution in [3.05, 3.63) is 23.8 Å². The van der Waals surface area contributed by atoms with Crippen molar-refractivity contribution in [2.45, 2.75) is 6.42 Å². The molecule has 1 aromatic rings. The van der Waals surface area contributed by atoms with Crippen molar-refractivity contribution in [3.8, 4) is 5.75 Å². The van der Waals surface area contributed by atoms with E-state index < -0.39 is 5.97 Å². The lowest BCUT2D eigenvalue weighted by atomic mass is 10.1. The second-order valence-corrected chi connectivity index (χ2v) is 4.45. The van der Waals surface area contributed by atoms with Gasteiger partial charge in [0.2, 0.25) is 5.91 Å². The van der Waals surface area contributed by atoms with Crippen LogP contribution in [0.2, 0.25) is 0 Å². The molecule has 0 bridgehead atoms. The van der Waals surface area contributed by atoms with Gasteiger partial charge < -0.3 is 19.5 Å². The number of amides is 1. The Labute approximate surface area is 117 Å². The lowest BCUT2D eigenvalue weighted by molar-refractivity contribution is -0.119. The van der Waals surface area contributed by atoms with Gasteiger partial charge in [0.25, 0.3) is 0 Å². The van der Waals surface area contributed by atoms with Crippen molar-refractivity contribution in [1.29, 1.82) is 0 Å². The molecule has 1 atom stereocenters. The number of ether oxygens (including phenoxy) is 3. The van der Waals surface area contributed by atoms with E-state index in [-0.39, 0.29) is 17.4 Å². The zero-order chi connectivity index (χ0) is 14.5. The minimum absolute atomic E-state index is 0.155. The Hall–Kier alpha value is -2.08. The van der Waals surface area contributed by atoms with Gasteiger partial charge in [0.05, 0.1) is 38.0 Å². The van der Waals surface area contributed by atoms with Gasteiger partial charge in [0, 0.05) is 6.61 Å². The van der Waals surface area contributed by atoms with Gasteiger partial charge in [-0.2, -0.15) is 0 Å². The summed E-state index contributed by atoms with van der Waals surface area (Å²) >= 11 is 0. The van der Waals surface area contributed by atoms with Crippen LogP contribution in [-0.2, 0) is 14.3 Å². The van der Waals surface area contributed by atoms with E-state index in [1.807, 2.05) is 0 Å². The monoisotopic (exact) mass is 279 g/mol. The molecule has 0 spiro atoms. The molecule has 1 aliphatic heterocycles. The molecule has 1 saturated heterocycles. The van der Waals surface area contributed by atoms with E-state index in [4.69, 9.17) is 14.2 Å². The summed E-state index contributed by atoms with van der Waals surface area (Å²) < 4.78 is 15.0. The van der Waals surface area contributed by atoms with Crippen molar-refractivity contribution in [1.82, 2.24) is 0 Å². The molecule has 1 amide bonds. The van der Waals surface area contributed by atoms with Gasteiger partial charge in [-0.05, 0) is 24.6 Å². The standard InChI is InChI=1S/C14H17NO5/c1-18-10-3-4-12(11(7-10)14(17)19-2)15-13(16)9-5-6-20-8-9/h3-4,7,9H,5-6,8H2,1-2H3,(H,15,16). The van der Waals surface area contributed by atoms with E-state index >= 15 is 0 Å². The summed E-state index contributed by atoms with van der Waals surface area (Å²) in [6.45, 7) is 1.00. The van der Waals surface area contributed by atoms with E-state index in [0.29, 0.717) is 31.1 Å². The van der Waals surface area contributed by atoms with Gasteiger partial charge in [-0.1, -0.05) is 0 Å². The van der Waals surface area contributed by atoms with E-state index in [2.05, 4.69) is 5.32 Å². The summed E-state index contributed by atoms with van der Waals surface area (Å²) in [7, 11) is 2.79. The van der Waals surface area contributed by atoms with Crippen LogP contribution in [0.25, 0.3) is 0 Å². The summed E-state index contributed by atoms with van der Waals surface area (Å²) in [5.41, 5.74) is 0.675. The van der Waals surface area contributed by atoms with Gasteiger partial charge >= 0.3 is 5.97 Å². The molecule has 0 radical (unpaired) electrons. The number of anilines is 1. The predicted molar refractivity (Wildman–Crippen MR) is 71.9 cm³/mol. The Morgan fingerprint density at radius 1 is 1.35 bits per heavy atom. The van der Waals surface area contributed by atoms with E-state index in [9.17, 15) is 9.59 Å². The zero-order valence-electron chi connectivity index (χ0n) is 11.5. The third kappa shape index (κ3) is 3.08. The molecule has 1 fully saturated rings. The minimum Gasteiger partial charge on any atom is -0.497 e. The smallest absolute Gasteiger partial charge is 0.340 e. The number of esters is 1. The number of hydrogen-bond donors (Lipinski definition) is 1. The van der Waals surface area contributed by atoms with Crippen LogP contribution in [0.1, 0.15) is 16.8 Å². The van der Waals surface area contributed by atoms with Crippen LogP contribution in [-0.4, -0.2) is 39.3 Å². The predicted octanol–water partition coefficient (Wildman–Crippen LogP) is 1.46. The molecule has 2 rings (SSSR count). The summed E-state index contributed by atoms with van der Waals surface area (Å²) in [6, 6.07) is 4.83. The molecule has 1 heterocycles. The second kappa shape index (κ2) is 6.38. The van der Waals surface area contributed by atoms with E-state index in [1.54, 1.807) is 12.1 Å². The van der Waals surface area contributed by atoms with Crippen LogP contribution in [0, 0.1) is 5.92 Å². The Morgan fingerprint density at radius 3 is 2.75 bits per heavy atom. The second-order valence-electron chi connectivity index (χ2n) is 4.45. The largest absolute Gasteiger partial charge is 0.497 e. The first-order valence-corrected chi connectivity index (χ1v) is 6.30. The molecule has 0 aromatic heterocycles. The summed E-state index contributed by atoms with van der Waals surface area (Å²) in [5, 5.41) is 2.74. The fraction of sp³-hybridized carbons (Fsp3) is 0.429. The normalized spacial score (nSPS) is 17.6. The summed E-state index contributed by atoms with van der Waals surface area (Å²) in [4.78, 5) is 23.8.